The summed E-state index contributed by atoms with van der Waals surface area (Å²) in [6.07, 6.45) is 7.68. The van der Waals surface area contributed by atoms with Crippen LogP contribution < -0.4 is 10.1 Å². The number of nitrogens with zero attached hydrogens (tertiary/aromatic N) is 4. The van der Waals surface area contributed by atoms with Gasteiger partial charge in [0, 0.05) is 52.4 Å². The van der Waals surface area contributed by atoms with Crippen LogP contribution in [0.2, 0.25) is 0 Å². The van der Waals surface area contributed by atoms with Crippen molar-refractivity contribution in [3.63, 3.8) is 0 Å². The van der Waals surface area contributed by atoms with Crippen molar-refractivity contribution in [2.45, 2.75) is 58.8 Å². The van der Waals surface area contributed by atoms with Gasteiger partial charge in [0.2, 0.25) is 5.91 Å². The van der Waals surface area contributed by atoms with Crippen LogP contribution in [-0.4, -0.2) is 75.5 Å². The molecule has 0 radical (unpaired) electrons. The maximum absolute atomic E-state index is 12.8. The average Bonchev–Trinajstić information content (AvgIpc) is 3.50. The number of β-amino-alcohol motifs (C(OH)–C–C–N with tert-alkyl or cyclic N) is 1. The Morgan fingerprint density at radius 3 is 2.80 bits per heavy atom. The van der Waals surface area contributed by atoms with Crippen LogP contribution in [0.4, 0.5) is 0 Å². The Balaban J connectivity index is 1.07. The van der Waals surface area contributed by atoms with Gasteiger partial charge in [-0.3, -0.25) is 19.5 Å². The summed E-state index contributed by atoms with van der Waals surface area (Å²) in [7, 11) is 0. The molecule has 5 rings (SSSR count). The summed E-state index contributed by atoms with van der Waals surface area (Å²) in [6, 6.07) is 7.86. The van der Waals surface area contributed by atoms with Crippen molar-refractivity contribution in [1.29, 1.82) is 0 Å². The molecule has 41 heavy (non-hydrogen) atoms. The van der Waals surface area contributed by atoms with Crippen molar-refractivity contribution in [2.24, 2.45) is 5.92 Å². The van der Waals surface area contributed by atoms with E-state index in [1.54, 1.807) is 19.3 Å². The number of hydrogen-bond acceptors (Lipinski definition) is 8. The van der Waals surface area contributed by atoms with Crippen LogP contribution in [0.15, 0.2) is 47.5 Å². The number of pyridine rings is 1. The van der Waals surface area contributed by atoms with Crippen molar-refractivity contribution >= 4 is 11.8 Å². The molecule has 2 aliphatic rings. The van der Waals surface area contributed by atoms with Gasteiger partial charge >= 0.3 is 0 Å². The fourth-order valence-electron chi connectivity index (χ4n) is 5.83. The molecule has 0 bridgehead atoms. The van der Waals surface area contributed by atoms with Crippen molar-refractivity contribution in [1.82, 2.24) is 25.1 Å². The number of carbonyl (C=O) groups is 2. The first-order valence-electron chi connectivity index (χ1n) is 14.4. The number of carbonyl (C=O) groups excluding carboxylic acids is 2. The minimum atomic E-state index is -0.694. The number of aliphatic hydroxyl groups is 1. The quantitative estimate of drug-likeness (QED) is 0.388. The summed E-state index contributed by atoms with van der Waals surface area (Å²) in [5.41, 5.74) is 5.07. The van der Waals surface area contributed by atoms with E-state index < -0.39 is 6.10 Å². The molecule has 0 aliphatic carbocycles. The fourth-order valence-corrected chi connectivity index (χ4v) is 5.83. The molecule has 10 heteroatoms. The third-order valence-corrected chi connectivity index (χ3v) is 8.18. The van der Waals surface area contributed by atoms with Crippen LogP contribution in [0.1, 0.15) is 58.3 Å². The standard InChI is InChI=1S/C31H39N5O5/c1-21-28-8-10-35(17-25(28)3-4-30(21)40-19-27-16-32-20-41-27)18-26(38)15-34-31(39)29-14-24(5-9-33-29)13-23-6-11-36(12-7-23)22(2)37/h3-5,9,14,16,20,23,26,38H,6-8,10-13,15,17-19H2,1-2H3,(H,34,39)/t26-/m0/s1. The second kappa shape index (κ2) is 13.3. The molecule has 2 aromatic heterocycles. The second-order valence-corrected chi connectivity index (χ2v) is 11.1. The summed E-state index contributed by atoms with van der Waals surface area (Å²) < 4.78 is 11.2. The second-order valence-electron chi connectivity index (χ2n) is 11.1. The lowest BCUT2D eigenvalue weighted by Crippen LogP contribution is -2.42. The van der Waals surface area contributed by atoms with Crippen LogP contribution in [0, 0.1) is 12.8 Å². The first-order valence-corrected chi connectivity index (χ1v) is 14.4. The lowest BCUT2D eigenvalue weighted by atomic mass is 9.90. The zero-order valence-electron chi connectivity index (χ0n) is 23.8. The van der Waals surface area contributed by atoms with Crippen LogP contribution in [0.3, 0.4) is 0 Å². The molecule has 0 saturated carbocycles. The summed E-state index contributed by atoms with van der Waals surface area (Å²) in [5, 5.41) is 13.5. The van der Waals surface area contributed by atoms with Crippen LogP contribution in [0.5, 0.6) is 5.75 Å². The highest BCUT2D eigenvalue weighted by atomic mass is 16.5. The van der Waals surface area contributed by atoms with E-state index in [1.165, 1.54) is 17.5 Å². The van der Waals surface area contributed by atoms with Gasteiger partial charge in [0.15, 0.2) is 12.2 Å². The third kappa shape index (κ3) is 7.51. The Morgan fingerprint density at radius 1 is 1.22 bits per heavy atom. The Labute approximate surface area is 240 Å². The summed E-state index contributed by atoms with van der Waals surface area (Å²) >= 11 is 0. The van der Waals surface area contributed by atoms with E-state index in [9.17, 15) is 14.7 Å². The summed E-state index contributed by atoms with van der Waals surface area (Å²) in [4.78, 5) is 36.7. The zero-order chi connectivity index (χ0) is 28.8. The number of oxazole rings is 1. The number of hydrogen-bond donors (Lipinski definition) is 2. The maximum atomic E-state index is 12.8. The van der Waals surface area contributed by atoms with E-state index in [1.807, 2.05) is 23.1 Å². The van der Waals surface area contributed by atoms with Crippen molar-refractivity contribution < 1.29 is 23.8 Å². The van der Waals surface area contributed by atoms with E-state index in [-0.39, 0.29) is 18.4 Å². The van der Waals surface area contributed by atoms with E-state index in [4.69, 9.17) is 9.15 Å². The molecule has 10 nitrogen and oxygen atoms in total. The third-order valence-electron chi connectivity index (χ3n) is 8.18. The number of ether oxygens (including phenoxy) is 1. The number of piperidine rings is 1. The van der Waals surface area contributed by atoms with Crippen molar-refractivity contribution in [2.75, 3.05) is 32.7 Å². The smallest absolute Gasteiger partial charge is 0.269 e. The number of aromatic nitrogens is 2. The number of benzene rings is 1. The minimum absolute atomic E-state index is 0.133. The molecule has 1 atom stereocenters. The van der Waals surface area contributed by atoms with Crippen LogP contribution >= 0.6 is 0 Å². The number of aliphatic hydroxyl groups excluding tert-OH is 1. The highest BCUT2D eigenvalue weighted by Gasteiger charge is 2.23. The number of rotatable bonds is 10. The lowest BCUT2D eigenvalue weighted by molar-refractivity contribution is -0.130. The monoisotopic (exact) mass is 561 g/mol. The van der Waals surface area contributed by atoms with Gasteiger partial charge in [0.05, 0.1) is 12.3 Å². The van der Waals surface area contributed by atoms with Crippen LogP contribution in [0.25, 0.3) is 0 Å². The molecular formula is C31H39N5O5. The summed E-state index contributed by atoms with van der Waals surface area (Å²) in [6.45, 7) is 7.79. The van der Waals surface area contributed by atoms with Gasteiger partial charge in [-0.05, 0) is 79.0 Å². The Bertz CT molecular complexity index is 1340. The fraction of sp³-hybridized carbons (Fsp3) is 0.484. The molecule has 218 valence electrons. The van der Waals surface area contributed by atoms with E-state index in [0.29, 0.717) is 30.5 Å². The number of fused-ring (bicyclic) bond motifs is 1. The molecule has 1 fully saturated rings. The van der Waals surface area contributed by atoms with Crippen LogP contribution in [-0.2, 0) is 30.8 Å². The highest BCUT2D eigenvalue weighted by Crippen LogP contribution is 2.30. The number of likely N-dealkylation sites (tertiary alicyclic amines) is 1. The van der Waals surface area contributed by atoms with Gasteiger partial charge < -0.3 is 24.5 Å². The molecule has 0 spiro atoms. The predicted molar refractivity (Wildman–Crippen MR) is 152 cm³/mol. The van der Waals surface area contributed by atoms with Gasteiger partial charge in [-0.25, -0.2) is 4.98 Å². The highest BCUT2D eigenvalue weighted by molar-refractivity contribution is 5.92. The molecule has 3 aromatic rings. The van der Waals surface area contributed by atoms with E-state index in [2.05, 4.69) is 33.2 Å². The van der Waals surface area contributed by atoms with Gasteiger partial charge in [-0.2, -0.15) is 0 Å². The Hall–Kier alpha value is -3.76. The topological polar surface area (TPSA) is 121 Å². The molecule has 2 N–H and O–H groups in total. The average molecular weight is 562 g/mol. The maximum Gasteiger partial charge on any atom is 0.269 e. The molecule has 2 aliphatic heterocycles. The van der Waals surface area contributed by atoms with E-state index >= 15 is 0 Å². The molecule has 1 aromatic carbocycles. The SMILES string of the molecule is CC(=O)N1CCC(Cc2ccnc(C(=O)NC[C@H](O)CN3CCc4c(ccc(OCc5cnco5)c4C)C3)c2)CC1. The molecule has 1 saturated heterocycles. The number of nitrogens with one attached hydrogen (secondary N) is 1. The van der Waals surface area contributed by atoms with Crippen molar-refractivity contribution in [3.8, 4) is 5.75 Å². The Morgan fingerprint density at radius 2 is 2.05 bits per heavy atom. The van der Waals surface area contributed by atoms with Gasteiger partial charge in [-0.1, -0.05) is 6.07 Å². The molecule has 4 heterocycles. The molecular weight excluding hydrogens is 522 g/mol. The predicted octanol–water partition coefficient (Wildman–Crippen LogP) is 2.91. The van der Waals surface area contributed by atoms with Crippen molar-refractivity contribution in [3.05, 3.63) is 76.8 Å². The van der Waals surface area contributed by atoms with Gasteiger partial charge in [0.25, 0.3) is 5.91 Å². The van der Waals surface area contributed by atoms with E-state index in [0.717, 1.165) is 68.7 Å². The first kappa shape index (κ1) is 28.8. The van der Waals surface area contributed by atoms with Gasteiger partial charge in [0.1, 0.15) is 18.1 Å². The minimum Gasteiger partial charge on any atom is -0.485 e. The van der Waals surface area contributed by atoms with Gasteiger partial charge in [-0.15, -0.1) is 0 Å². The Kier molecular flexibility index (Phi) is 9.31. The normalized spacial score (nSPS) is 16.7. The summed E-state index contributed by atoms with van der Waals surface area (Å²) in [5.74, 6) is 1.86. The molecule has 2 amide bonds. The first-order chi connectivity index (χ1) is 19.9. The number of amides is 2. The molecule has 0 unspecified atom stereocenters. The zero-order valence-corrected chi connectivity index (χ0v) is 23.8. The largest absolute Gasteiger partial charge is 0.485 e. The lowest BCUT2D eigenvalue weighted by Gasteiger charge is -2.31.